The lowest BCUT2D eigenvalue weighted by Gasteiger charge is -2.14. The van der Waals surface area contributed by atoms with Crippen LogP contribution in [0.1, 0.15) is 75.4 Å². The number of benzene rings is 9. The lowest BCUT2D eigenvalue weighted by molar-refractivity contribution is 0.0820. The van der Waals surface area contributed by atoms with E-state index in [0.717, 1.165) is 144 Å². The Balaban J connectivity index is 0.000000161. The predicted octanol–water partition coefficient (Wildman–Crippen LogP) is 25.5. The third-order valence-electron chi connectivity index (χ3n) is 17.4. The van der Waals surface area contributed by atoms with Gasteiger partial charge < -0.3 is 47.1 Å². The van der Waals surface area contributed by atoms with Crippen molar-refractivity contribution in [3.05, 3.63) is 314 Å². The van der Waals surface area contributed by atoms with E-state index in [1.807, 2.05) is 148 Å². The van der Waals surface area contributed by atoms with E-state index in [4.69, 9.17) is 72.1 Å². The first-order valence-electron chi connectivity index (χ1n) is 36.5. The van der Waals surface area contributed by atoms with Gasteiger partial charge in [-0.25, -0.2) is 24.3 Å². The van der Waals surface area contributed by atoms with Crippen LogP contribution in [0, 0.1) is 33.5 Å². The van der Waals surface area contributed by atoms with Crippen LogP contribution in [0.4, 0.5) is 4.39 Å². The smallest absolute Gasteiger partial charge is 0.253 e. The van der Waals surface area contributed by atoms with Crippen LogP contribution < -0.4 is 0 Å². The van der Waals surface area contributed by atoms with Crippen LogP contribution in [0.3, 0.4) is 0 Å². The van der Waals surface area contributed by atoms with Crippen molar-refractivity contribution < 1.29 is 51.2 Å². The van der Waals surface area contributed by atoms with Gasteiger partial charge in [-0.2, -0.15) is 0 Å². The Hall–Kier alpha value is -9.18. The van der Waals surface area contributed by atoms with Crippen molar-refractivity contribution in [2.45, 2.75) is 67.3 Å². The molecule has 0 aliphatic rings. The molecular formula is C92H90Br2Cl3FN6O10S3. The minimum Gasteiger partial charge on any atom is -0.441 e. The molecule has 0 spiro atoms. The summed E-state index contributed by atoms with van der Waals surface area (Å²) >= 11 is 29.8. The van der Waals surface area contributed by atoms with Gasteiger partial charge in [0.15, 0.2) is 0 Å². The highest BCUT2D eigenvalue weighted by Gasteiger charge is 2.18. The van der Waals surface area contributed by atoms with Crippen molar-refractivity contribution in [3.63, 3.8) is 0 Å². The highest BCUT2D eigenvalue weighted by molar-refractivity contribution is 9.10. The van der Waals surface area contributed by atoms with Crippen molar-refractivity contribution in [2.24, 2.45) is 0 Å². The van der Waals surface area contributed by atoms with Crippen LogP contribution in [-0.2, 0) is 68.1 Å². The molecule has 0 fully saturated rings. The zero-order valence-electron chi connectivity index (χ0n) is 67.3. The molecule has 0 aliphatic carbocycles. The fourth-order valence-corrected chi connectivity index (χ4v) is 15.5. The van der Waals surface area contributed by atoms with Gasteiger partial charge in [0.2, 0.25) is 11.8 Å². The molecule has 0 N–H and O–H groups in total. The second kappa shape index (κ2) is 45.7. The Morgan fingerprint density at radius 1 is 0.385 bits per heavy atom. The molecule has 16 nitrogen and oxygen atoms in total. The number of hydrogen-bond acceptors (Lipinski definition) is 17. The van der Waals surface area contributed by atoms with E-state index >= 15 is 0 Å². The number of thiophene rings is 1. The number of carbonyl (C=O) groups excluding carboxylic acids is 2. The molecule has 117 heavy (non-hydrogen) atoms. The number of aromatic nitrogens is 4. The molecule has 608 valence electrons. The van der Waals surface area contributed by atoms with Crippen molar-refractivity contribution in [3.8, 4) is 87.9 Å². The molecule has 25 heteroatoms. The summed E-state index contributed by atoms with van der Waals surface area (Å²) < 4.78 is 58.7. The van der Waals surface area contributed by atoms with Crippen molar-refractivity contribution >= 4 is 112 Å². The van der Waals surface area contributed by atoms with Gasteiger partial charge in [0.25, 0.3) is 11.8 Å². The zero-order chi connectivity index (χ0) is 84.2. The standard InChI is InChI=1S/C18H16ClNO2.C18H16ClNOS.C17H18FNO2.C15H16ClNO2S.C12H12BrNO2.C12H12BrNOS/c2*1-12-10-20-18(22-12)14-5-8-17(15(9-14)11-21-2)13-3-6-16(19)7-4-13;1-19(2)17(20)13-7-8-16(14(9-13)11-21-3)12-5-4-6-15(18)10-12;1-17(2)15(18)10-4-5-12(11(8-10)9-19-3)13-6-7-14(16)20-13;2*1-8-6-14-12(16-8)9-3-4-11(13)10(5-9)7-15-2/h2*3-10H,11H2,1-2H3;4-10H,11H2,1-3H3;4-8H,9H2,1-3H3;2*3-6H,7H2,1-2H3. The molecule has 2 amide bonds. The molecule has 9 aromatic carbocycles. The Morgan fingerprint density at radius 2 is 0.744 bits per heavy atom. The summed E-state index contributed by atoms with van der Waals surface area (Å²) in [4.78, 5) is 48.0. The lowest BCUT2D eigenvalue weighted by Crippen LogP contribution is -2.21. The van der Waals surface area contributed by atoms with Crippen LogP contribution in [0.15, 0.2) is 237 Å². The first-order valence-corrected chi connectivity index (χ1v) is 41.7. The molecule has 5 heterocycles. The number of hydrogen-bond donors (Lipinski definition) is 0. The Labute approximate surface area is 727 Å². The van der Waals surface area contributed by atoms with E-state index < -0.39 is 0 Å². The van der Waals surface area contributed by atoms with E-state index in [2.05, 4.69) is 108 Å². The highest BCUT2D eigenvalue weighted by atomic mass is 79.9. The predicted molar refractivity (Wildman–Crippen MR) is 481 cm³/mol. The van der Waals surface area contributed by atoms with Crippen LogP contribution in [0.5, 0.6) is 0 Å². The molecular weight excluding hydrogens is 1730 g/mol. The number of methoxy groups -OCH3 is 6. The number of oxazole rings is 2. The largest absolute Gasteiger partial charge is 0.441 e. The van der Waals surface area contributed by atoms with Gasteiger partial charge in [0.1, 0.15) is 27.4 Å². The fraction of sp³-hybridized carbons (Fsp3) is 0.217. The maximum Gasteiger partial charge on any atom is 0.253 e. The van der Waals surface area contributed by atoms with Crippen LogP contribution in [0.2, 0.25) is 14.4 Å². The van der Waals surface area contributed by atoms with Gasteiger partial charge in [-0.1, -0.05) is 139 Å². The van der Waals surface area contributed by atoms with Crippen molar-refractivity contribution in [1.82, 2.24) is 29.7 Å². The van der Waals surface area contributed by atoms with E-state index in [-0.39, 0.29) is 17.6 Å². The van der Waals surface area contributed by atoms with E-state index in [1.165, 1.54) is 38.1 Å². The van der Waals surface area contributed by atoms with Gasteiger partial charge in [-0.3, -0.25) is 9.59 Å². The number of nitrogens with zero attached hydrogens (tertiary/aromatic N) is 6. The average Bonchev–Trinajstić information content (AvgIpc) is 1.59. The summed E-state index contributed by atoms with van der Waals surface area (Å²) in [5.74, 6) is 2.50. The van der Waals surface area contributed by atoms with Crippen LogP contribution in [-0.4, -0.2) is 112 Å². The zero-order valence-corrected chi connectivity index (χ0v) is 75.2. The van der Waals surface area contributed by atoms with Crippen molar-refractivity contribution in [1.29, 1.82) is 0 Å². The first kappa shape index (κ1) is 91.7. The maximum absolute atomic E-state index is 13.4. The highest BCUT2D eigenvalue weighted by Crippen LogP contribution is 2.38. The van der Waals surface area contributed by atoms with E-state index in [0.29, 0.717) is 62.5 Å². The van der Waals surface area contributed by atoms with Gasteiger partial charge in [-0.05, 0) is 221 Å². The number of thiazole rings is 2. The molecule has 14 rings (SSSR count). The molecule has 0 saturated heterocycles. The second-order valence-electron chi connectivity index (χ2n) is 26.8. The Bertz CT molecular complexity index is 5350. The third-order valence-corrected chi connectivity index (χ3v) is 22.6. The number of aryl methyl sites for hydroxylation is 4. The van der Waals surface area contributed by atoms with Crippen LogP contribution in [0.25, 0.3) is 87.9 Å². The molecule has 0 radical (unpaired) electrons. The number of ether oxygens (including phenoxy) is 6. The van der Waals surface area contributed by atoms with Gasteiger partial charge >= 0.3 is 0 Å². The number of rotatable bonds is 22. The quantitative estimate of drug-likeness (QED) is 0.0627. The minimum absolute atomic E-state index is 0.0156. The molecule has 5 aromatic heterocycles. The fourth-order valence-electron chi connectivity index (χ4n) is 11.9. The van der Waals surface area contributed by atoms with Gasteiger partial charge in [-0.15, -0.1) is 34.0 Å². The van der Waals surface area contributed by atoms with Gasteiger partial charge in [0, 0.05) is 150 Å². The second-order valence-corrected chi connectivity index (χ2v) is 33.6. The Morgan fingerprint density at radius 3 is 1.14 bits per heavy atom. The summed E-state index contributed by atoms with van der Waals surface area (Å²) in [5, 5.41) is 3.57. The molecule has 0 bridgehead atoms. The summed E-state index contributed by atoms with van der Waals surface area (Å²) in [6.45, 7) is 11.0. The van der Waals surface area contributed by atoms with E-state index in [9.17, 15) is 14.0 Å². The lowest BCUT2D eigenvalue weighted by atomic mass is 9.97. The summed E-state index contributed by atoms with van der Waals surface area (Å²) in [6, 6.07) is 61.7. The molecule has 0 atom stereocenters. The SMILES string of the molecule is COCc1cc(-c2ncc(C)o2)ccc1-c1ccc(Cl)cc1.COCc1cc(-c2ncc(C)o2)ccc1Br.COCc1cc(-c2ncc(C)s2)ccc1-c1ccc(Cl)cc1.COCc1cc(-c2ncc(C)s2)ccc1Br.COCc1cc(C(=O)N(C)C)ccc1-c1ccc(Cl)s1.COCc1cc(C(=O)N(C)C)ccc1-c1cccc(F)c1. The molecule has 0 saturated carbocycles. The summed E-state index contributed by atoms with van der Waals surface area (Å²) in [6.07, 6.45) is 7.24. The van der Waals surface area contributed by atoms with Crippen molar-refractivity contribution in [2.75, 3.05) is 70.8 Å². The summed E-state index contributed by atoms with van der Waals surface area (Å²) in [7, 11) is 16.9. The molecule has 0 unspecified atom stereocenters. The Kier molecular flexibility index (Phi) is 35.8. The number of carbonyl (C=O) groups is 2. The average molecular weight is 1820 g/mol. The number of amides is 2. The summed E-state index contributed by atoms with van der Waals surface area (Å²) in [5.41, 5.74) is 18.9. The minimum atomic E-state index is -0.288. The number of halogens is 6. The molecule has 14 aromatic rings. The monoisotopic (exact) mass is 1820 g/mol. The first-order chi connectivity index (χ1) is 56.3. The van der Waals surface area contributed by atoms with Crippen LogP contribution >= 0.6 is 101 Å². The van der Waals surface area contributed by atoms with Gasteiger partial charge in [0.05, 0.1) is 56.4 Å². The normalized spacial score (nSPS) is 10.7. The molecule has 0 aliphatic heterocycles. The van der Waals surface area contributed by atoms with E-state index in [1.54, 1.807) is 129 Å². The maximum atomic E-state index is 13.4. The third kappa shape index (κ3) is 26.7. The topological polar surface area (TPSA) is 174 Å².